The average Bonchev–Trinajstić information content (AvgIpc) is 2.73. The molecule has 4 nitrogen and oxygen atoms in total. The predicted molar refractivity (Wildman–Crippen MR) is 68.6 cm³/mol. The summed E-state index contributed by atoms with van der Waals surface area (Å²) in [6, 6.07) is 0.549. The van der Waals surface area contributed by atoms with E-state index in [0.717, 1.165) is 36.9 Å². The molecule has 0 radical (unpaired) electrons. The minimum atomic E-state index is 0.549. The van der Waals surface area contributed by atoms with Gasteiger partial charge in [0.2, 0.25) is 0 Å². The van der Waals surface area contributed by atoms with Gasteiger partial charge in [-0.2, -0.15) is 0 Å². The summed E-state index contributed by atoms with van der Waals surface area (Å²) in [5.74, 6) is 1.61. The highest BCUT2D eigenvalue weighted by molar-refractivity contribution is 4.94. The van der Waals surface area contributed by atoms with Crippen LogP contribution in [0.3, 0.4) is 0 Å². The molecule has 0 bridgehead atoms. The Labute approximate surface area is 104 Å². The summed E-state index contributed by atoms with van der Waals surface area (Å²) in [7, 11) is 0. The summed E-state index contributed by atoms with van der Waals surface area (Å²) in [6.45, 7) is 5.41. The van der Waals surface area contributed by atoms with Crippen LogP contribution < -0.4 is 5.73 Å². The van der Waals surface area contributed by atoms with E-state index < -0.39 is 0 Å². The summed E-state index contributed by atoms with van der Waals surface area (Å²) in [5, 5.41) is 8.52. The molecule has 1 saturated carbocycles. The second-order valence-corrected chi connectivity index (χ2v) is 5.65. The van der Waals surface area contributed by atoms with Crippen LogP contribution in [0.4, 0.5) is 0 Å². The first kappa shape index (κ1) is 12.6. The molecule has 2 unspecified atom stereocenters. The fourth-order valence-electron chi connectivity index (χ4n) is 3.01. The Hall–Kier alpha value is -0.900. The first-order valence-electron chi connectivity index (χ1n) is 6.79. The van der Waals surface area contributed by atoms with Crippen molar-refractivity contribution in [3.63, 3.8) is 0 Å². The van der Waals surface area contributed by atoms with E-state index in [1.54, 1.807) is 0 Å². The summed E-state index contributed by atoms with van der Waals surface area (Å²) in [5.41, 5.74) is 6.59. The van der Waals surface area contributed by atoms with E-state index in [0.29, 0.717) is 6.04 Å². The topological polar surface area (TPSA) is 56.7 Å². The Balaban J connectivity index is 1.98. The van der Waals surface area contributed by atoms with E-state index in [1.165, 1.54) is 19.3 Å². The first-order valence-corrected chi connectivity index (χ1v) is 6.79. The van der Waals surface area contributed by atoms with Crippen molar-refractivity contribution in [3.8, 4) is 0 Å². The van der Waals surface area contributed by atoms with Gasteiger partial charge in [0.05, 0.1) is 11.7 Å². The molecule has 1 aromatic rings. The van der Waals surface area contributed by atoms with Gasteiger partial charge >= 0.3 is 0 Å². The fraction of sp³-hybridized carbons (Fsp3) is 0.846. The Kier molecular flexibility index (Phi) is 4.15. The highest BCUT2D eigenvalue weighted by Gasteiger charge is 2.25. The minimum Gasteiger partial charge on any atom is -0.330 e. The van der Waals surface area contributed by atoms with Gasteiger partial charge in [-0.1, -0.05) is 19.1 Å². The second-order valence-electron chi connectivity index (χ2n) is 5.65. The number of nitrogens with zero attached hydrogens (tertiary/aromatic N) is 3. The van der Waals surface area contributed by atoms with Crippen LogP contribution in [0.25, 0.3) is 0 Å². The molecule has 1 aliphatic carbocycles. The normalized spacial score (nSPS) is 29.5. The Morgan fingerprint density at radius 1 is 1.29 bits per heavy atom. The van der Waals surface area contributed by atoms with Gasteiger partial charge < -0.3 is 5.73 Å². The van der Waals surface area contributed by atoms with Gasteiger partial charge in [0.15, 0.2) is 0 Å². The molecule has 0 amide bonds. The lowest BCUT2D eigenvalue weighted by Crippen LogP contribution is -2.23. The van der Waals surface area contributed by atoms with E-state index in [2.05, 4.69) is 35.0 Å². The molecule has 2 rings (SSSR count). The first-order chi connectivity index (χ1) is 8.19. The molecule has 96 valence electrons. The molecular formula is C13H24N4. The monoisotopic (exact) mass is 236 g/mol. The van der Waals surface area contributed by atoms with Crippen molar-refractivity contribution in [1.82, 2.24) is 15.0 Å². The molecule has 0 aromatic carbocycles. The fourth-order valence-corrected chi connectivity index (χ4v) is 3.01. The van der Waals surface area contributed by atoms with Crippen molar-refractivity contribution in [2.45, 2.75) is 52.0 Å². The van der Waals surface area contributed by atoms with Crippen LogP contribution in [0.2, 0.25) is 0 Å². The summed E-state index contributed by atoms with van der Waals surface area (Å²) in [6.07, 6.45) is 7.90. The second kappa shape index (κ2) is 5.63. The third-order valence-corrected chi connectivity index (χ3v) is 3.72. The molecular weight excluding hydrogens is 212 g/mol. The number of hydrogen-bond acceptors (Lipinski definition) is 3. The molecule has 1 aliphatic rings. The summed E-state index contributed by atoms with van der Waals surface area (Å²) < 4.78 is 2.08. The van der Waals surface area contributed by atoms with E-state index in [-0.39, 0.29) is 0 Å². The molecule has 2 N–H and O–H groups in total. The predicted octanol–water partition coefficient (Wildman–Crippen LogP) is 2.17. The van der Waals surface area contributed by atoms with Crippen molar-refractivity contribution < 1.29 is 0 Å². The third-order valence-electron chi connectivity index (χ3n) is 3.72. The summed E-state index contributed by atoms with van der Waals surface area (Å²) >= 11 is 0. The molecule has 0 aliphatic heterocycles. The highest BCUT2D eigenvalue weighted by atomic mass is 15.4. The number of aromatic nitrogens is 3. The van der Waals surface area contributed by atoms with E-state index in [9.17, 15) is 0 Å². The van der Waals surface area contributed by atoms with Crippen LogP contribution in [0.5, 0.6) is 0 Å². The van der Waals surface area contributed by atoms with Crippen molar-refractivity contribution in [2.24, 2.45) is 17.6 Å². The maximum atomic E-state index is 5.51. The van der Waals surface area contributed by atoms with Crippen LogP contribution in [0.15, 0.2) is 6.20 Å². The molecule has 0 spiro atoms. The third kappa shape index (κ3) is 3.28. The maximum Gasteiger partial charge on any atom is 0.0827 e. The summed E-state index contributed by atoms with van der Waals surface area (Å²) in [4.78, 5) is 0. The zero-order valence-corrected chi connectivity index (χ0v) is 11.0. The zero-order valence-electron chi connectivity index (χ0n) is 11.0. The van der Waals surface area contributed by atoms with E-state index >= 15 is 0 Å². The quantitative estimate of drug-likeness (QED) is 0.871. The molecule has 0 saturated heterocycles. The maximum absolute atomic E-state index is 5.51. The van der Waals surface area contributed by atoms with Crippen LogP contribution in [-0.4, -0.2) is 21.5 Å². The van der Waals surface area contributed by atoms with Crippen LogP contribution in [-0.2, 0) is 6.42 Å². The smallest absolute Gasteiger partial charge is 0.0827 e. The van der Waals surface area contributed by atoms with Crippen LogP contribution in [0.1, 0.15) is 51.3 Å². The van der Waals surface area contributed by atoms with Crippen molar-refractivity contribution >= 4 is 0 Å². The molecule has 1 aromatic heterocycles. The lowest BCUT2D eigenvalue weighted by Gasteiger charge is -2.31. The van der Waals surface area contributed by atoms with Crippen LogP contribution in [0, 0.1) is 11.8 Å². The Morgan fingerprint density at radius 2 is 2.00 bits per heavy atom. The van der Waals surface area contributed by atoms with Gasteiger partial charge in [-0.3, -0.25) is 0 Å². The van der Waals surface area contributed by atoms with Gasteiger partial charge in [0.1, 0.15) is 0 Å². The molecule has 17 heavy (non-hydrogen) atoms. The van der Waals surface area contributed by atoms with Gasteiger partial charge in [0.25, 0.3) is 0 Å². The van der Waals surface area contributed by atoms with Crippen LogP contribution >= 0.6 is 0 Å². The standard InChI is InChI=1S/C13H24N4/c1-10-6-11(2)8-13(7-10)17-9-12(15-16-17)4-3-5-14/h9-11,13H,3-8,14H2,1-2H3. The zero-order chi connectivity index (χ0) is 12.3. The SMILES string of the molecule is CC1CC(C)CC(n2cc(CCCN)nn2)C1. The van der Waals surface area contributed by atoms with E-state index in [4.69, 9.17) is 5.73 Å². The van der Waals surface area contributed by atoms with Crippen molar-refractivity contribution in [2.75, 3.05) is 6.54 Å². The van der Waals surface area contributed by atoms with Crippen molar-refractivity contribution in [1.29, 1.82) is 0 Å². The molecule has 4 heteroatoms. The minimum absolute atomic E-state index is 0.549. The van der Waals surface area contributed by atoms with E-state index in [1.807, 2.05) is 0 Å². The van der Waals surface area contributed by atoms with Gasteiger partial charge in [-0.05, 0) is 50.5 Å². The molecule has 2 atom stereocenters. The highest BCUT2D eigenvalue weighted by Crippen LogP contribution is 2.35. The Morgan fingerprint density at radius 3 is 2.65 bits per heavy atom. The Bertz CT molecular complexity index is 337. The number of aryl methyl sites for hydroxylation is 1. The van der Waals surface area contributed by atoms with Gasteiger partial charge in [0, 0.05) is 6.20 Å². The molecule has 1 fully saturated rings. The van der Waals surface area contributed by atoms with Gasteiger partial charge in [-0.25, -0.2) is 4.68 Å². The number of rotatable bonds is 4. The van der Waals surface area contributed by atoms with Crippen molar-refractivity contribution in [3.05, 3.63) is 11.9 Å². The van der Waals surface area contributed by atoms with Gasteiger partial charge in [-0.15, -0.1) is 5.10 Å². The molecule has 1 heterocycles. The number of nitrogens with two attached hydrogens (primary N) is 1. The number of hydrogen-bond donors (Lipinski definition) is 1. The average molecular weight is 236 g/mol. The lowest BCUT2D eigenvalue weighted by atomic mass is 9.80. The largest absolute Gasteiger partial charge is 0.330 e. The lowest BCUT2D eigenvalue weighted by molar-refractivity contribution is 0.208.